The number of benzene rings is 1. The van der Waals surface area contributed by atoms with E-state index in [4.69, 9.17) is 0 Å². The van der Waals surface area contributed by atoms with Crippen LogP contribution in [0.5, 0.6) is 0 Å². The molecule has 0 saturated carbocycles. The lowest BCUT2D eigenvalue weighted by molar-refractivity contribution is -0.140. The number of aromatic nitrogens is 4. The molecule has 0 fully saturated rings. The number of hydrogen-bond acceptors (Lipinski definition) is 4. The first kappa shape index (κ1) is 19.4. The molecule has 28 heavy (non-hydrogen) atoms. The van der Waals surface area contributed by atoms with Gasteiger partial charge in [-0.05, 0) is 29.8 Å². The average Bonchev–Trinajstić information content (AvgIpc) is 3.14. The smallest absolute Gasteiger partial charge is 0.298 e. The fourth-order valence-electron chi connectivity index (χ4n) is 3.11. The van der Waals surface area contributed by atoms with E-state index in [9.17, 15) is 23.2 Å². The third kappa shape index (κ3) is 3.18. The zero-order chi connectivity index (χ0) is 19.2. The summed E-state index contributed by atoms with van der Waals surface area (Å²) in [7, 11) is 0. The maximum Gasteiger partial charge on any atom is 0.406 e. The van der Waals surface area contributed by atoms with Gasteiger partial charge < -0.3 is 0 Å². The highest BCUT2D eigenvalue weighted by atomic mass is 35.5. The quantitative estimate of drug-likeness (QED) is 0.549. The number of hydrogen-bond donors (Lipinski definition) is 1. The summed E-state index contributed by atoms with van der Waals surface area (Å²) >= 11 is 0. The minimum absolute atomic E-state index is 0. The molecular weight excluding hydrogens is 395 g/mol. The van der Waals surface area contributed by atoms with Crippen molar-refractivity contribution in [3.05, 3.63) is 58.8 Å². The van der Waals surface area contributed by atoms with Gasteiger partial charge in [-0.15, -0.1) is 12.4 Å². The lowest BCUT2D eigenvalue weighted by Crippen LogP contribution is -2.28. The molecule has 142 valence electrons. The minimum atomic E-state index is -4.58. The van der Waals surface area contributed by atoms with E-state index >= 15 is 0 Å². The summed E-state index contributed by atoms with van der Waals surface area (Å²) in [6, 6.07) is 8.22. The van der Waals surface area contributed by atoms with Gasteiger partial charge in [-0.25, -0.2) is 0 Å². The zero-order valence-electron chi connectivity index (χ0n) is 14.0. The molecule has 1 N–H and O–H groups in total. The fraction of sp³-hybridized carbons (Fsp3) is 0.111. The number of rotatable bonds is 2. The molecule has 10 heteroatoms. The van der Waals surface area contributed by atoms with Gasteiger partial charge in [-0.1, -0.05) is 0 Å². The summed E-state index contributed by atoms with van der Waals surface area (Å²) in [5.74, 6) is 0. The molecule has 1 aromatic carbocycles. The average molecular weight is 406 g/mol. The summed E-state index contributed by atoms with van der Waals surface area (Å²) in [5, 5.41) is 16.4. The Morgan fingerprint density at radius 2 is 1.89 bits per heavy atom. The Balaban J connectivity index is 0.00000225. The molecule has 0 atom stereocenters. The molecule has 0 saturated heterocycles. The van der Waals surface area contributed by atoms with Crippen LogP contribution in [-0.2, 0) is 6.54 Å². The van der Waals surface area contributed by atoms with Crippen LogP contribution in [0, 0.1) is 11.3 Å². The Morgan fingerprint density at radius 1 is 1.18 bits per heavy atom. The highest BCUT2D eigenvalue weighted by Crippen LogP contribution is 2.31. The number of nitrogens with one attached hydrogen (secondary N) is 1. The number of fused-ring (bicyclic) bond motifs is 3. The monoisotopic (exact) mass is 405 g/mol. The highest BCUT2D eigenvalue weighted by molar-refractivity contribution is 6.05. The second-order valence-corrected chi connectivity index (χ2v) is 5.92. The topological polar surface area (TPSA) is 87.4 Å². The Hall–Kier alpha value is -3.38. The van der Waals surface area contributed by atoms with Gasteiger partial charge in [-0.2, -0.15) is 23.5 Å². The molecule has 0 radical (unpaired) electrons. The number of nitrogens with zero attached hydrogens (tertiary/aromatic N) is 4. The van der Waals surface area contributed by atoms with Crippen LogP contribution in [0.4, 0.5) is 13.2 Å². The molecule has 0 bridgehead atoms. The Morgan fingerprint density at radius 3 is 2.54 bits per heavy atom. The predicted molar refractivity (Wildman–Crippen MR) is 99.1 cm³/mol. The lowest BCUT2D eigenvalue weighted by atomic mass is 9.98. The van der Waals surface area contributed by atoms with Crippen LogP contribution < -0.4 is 5.56 Å². The SMILES string of the molecule is Cl.N#Cc1cc2c3n[nH]cc3c(=O)n(CC(F)(F)F)c2cc1-c1ccncc1. The first-order chi connectivity index (χ1) is 12.9. The van der Waals surface area contributed by atoms with Crippen molar-refractivity contribution < 1.29 is 13.2 Å². The number of pyridine rings is 2. The van der Waals surface area contributed by atoms with E-state index in [0.717, 1.165) is 0 Å². The van der Waals surface area contributed by atoms with Crippen LogP contribution in [0.25, 0.3) is 32.9 Å². The fourth-order valence-corrected chi connectivity index (χ4v) is 3.11. The predicted octanol–water partition coefficient (Wildman–Crippen LogP) is 3.80. The van der Waals surface area contributed by atoms with Gasteiger partial charge >= 0.3 is 6.18 Å². The molecule has 0 aliphatic heterocycles. The van der Waals surface area contributed by atoms with E-state index in [1.165, 1.54) is 30.7 Å². The molecule has 3 aromatic heterocycles. The number of aromatic amines is 1. The molecular formula is C18H11ClF3N5O. The van der Waals surface area contributed by atoms with Crippen molar-refractivity contribution in [2.45, 2.75) is 12.7 Å². The Kier molecular flexibility index (Phi) is 4.83. The summed E-state index contributed by atoms with van der Waals surface area (Å²) in [6.45, 7) is -1.44. The van der Waals surface area contributed by atoms with E-state index in [1.807, 2.05) is 0 Å². The van der Waals surface area contributed by atoms with E-state index in [-0.39, 0.29) is 34.4 Å². The zero-order valence-corrected chi connectivity index (χ0v) is 14.8. The van der Waals surface area contributed by atoms with Gasteiger partial charge in [0.1, 0.15) is 12.1 Å². The molecule has 0 amide bonds. The molecule has 0 spiro atoms. The largest absolute Gasteiger partial charge is 0.406 e. The third-order valence-corrected chi connectivity index (χ3v) is 4.25. The van der Waals surface area contributed by atoms with Crippen molar-refractivity contribution in [2.24, 2.45) is 0 Å². The standard InChI is InChI=1S/C18H10F3N5O.ClH/c19-18(20,21)9-26-15-6-12(10-1-3-23-4-2-10)11(7-22)5-13(15)16-14(17(26)27)8-24-25-16;/h1-6,8H,9H2,(H,24,25);1H. The van der Waals surface area contributed by atoms with Crippen LogP contribution in [0.2, 0.25) is 0 Å². The van der Waals surface area contributed by atoms with Crippen LogP contribution in [0.1, 0.15) is 5.56 Å². The van der Waals surface area contributed by atoms with Crippen LogP contribution in [0.15, 0.2) is 47.7 Å². The van der Waals surface area contributed by atoms with Crippen molar-refractivity contribution >= 4 is 34.2 Å². The first-order valence-electron chi connectivity index (χ1n) is 7.80. The summed E-state index contributed by atoms with van der Waals surface area (Å²) in [4.78, 5) is 16.5. The van der Waals surface area contributed by atoms with E-state index in [1.54, 1.807) is 12.1 Å². The lowest BCUT2D eigenvalue weighted by Gasteiger charge is -2.15. The van der Waals surface area contributed by atoms with E-state index < -0.39 is 18.3 Å². The molecule has 0 aliphatic rings. The first-order valence-corrected chi connectivity index (χ1v) is 7.80. The van der Waals surface area contributed by atoms with Crippen LogP contribution in [-0.4, -0.2) is 25.9 Å². The Labute approximate surface area is 161 Å². The minimum Gasteiger partial charge on any atom is -0.298 e. The van der Waals surface area contributed by atoms with Crippen molar-refractivity contribution in [3.63, 3.8) is 0 Å². The van der Waals surface area contributed by atoms with Crippen molar-refractivity contribution in [1.82, 2.24) is 19.7 Å². The summed E-state index contributed by atoms with van der Waals surface area (Å²) in [5.41, 5.74) is 0.771. The van der Waals surface area contributed by atoms with E-state index in [0.29, 0.717) is 21.1 Å². The van der Waals surface area contributed by atoms with Gasteiger partial charge in [0.25, 0.3) is 5.56 Å². The number of H-pyrrole nitrogens is 1. The number of nitriles is 1. The van der Waals surface area contributed by atoms with Crippen molar-refractivity contribution in [1.29, 1.82) is 5.26 Å². The molecule has 0 aliphatic carbocycles. The molecule has 4 rings (SSSR count). The second kappa shape index (κ2) is 6.98. The summed E-state index contributed by atoms with van der Waals surface area (Å²) < 4.78 is 40.0. The van der Waals surface area contributed by atoms with Crippen LogP contribution in [0.3, 0.4) is 0 Å². The maximum atomic E-state index is 13.1. The van der Waals surface area contributed by atoms with E-state index in [2.05, 4.69) is 21.3 Å². The molecule has 4 aromatic rings. The summed E-state index contributed by atoms with van der Waals surface area (Å²) in [6.07, 6.45) is -0.299. The Bertz CT molecular complexity index is 1270. The van der Waals surface area contributed by atoms with Gasteiger partial charge in [-0.3, -0.25) is 19.4 Å². The normalized spacial score (nSPS) is 11.4. The van der Waals surface area contributed by atoms with Gasteiger partial charge in [0.05, 0.1) is 22.5 Å². The molecule has 3 heterocycles. The molecule has 6 nitrogen and oxygen atoms in total. The number of alkyl halides is 3. The van der Waals surface area contributed by atoms with Crippen molar-refractivity contribution in [2.75, 3.05) is 0 Å². The maximum absolute atomic E-state index is 13.1. The van der Waals surface area contributed by atoms with Gasteiger partial charge in [0.2, 0.25) is 0 Å². The second-order valence-electron chi connectivity index (χ2n) is 5.92. The molecule has 0 unspecified atom stereocenters. The van der Waals surface area contributed by atoms with Gasteiger partial charge in [0.15, 0.2) is 0 Å². The third-order valence-electron chi connectivity index (χ3n) is 4.25. The highest BCUT2D eigenvalue weighted by Gasteiger charge is 2.30. The number of halogens is 4. The van der Waals surface area contributed by atoms with Crippen LogP contribution >= 0.6 is 12.4 Å². The van der Waals surface area contributed by atoms with Gasteiger partial charge in [0, 0.05) is 29.5 Å². The van der Waals surface area contributed by atoms with Crippen molar-refractivity contribution in [3.8, 4) is 17.2 Å².